The van der Waals surface area contributed by atoms with Crippen LogP contribution in [0.25, 0.3) is 27.8 Å². The Bertz CT molecular complexity index is 2420. The van der Waals surface area contributed by atoms with E-state index >= 15 is 0 Å². The molecular weight excluding hydrogens is 684 g/mol. The number of allylic oxidation sites excluding steroid dienone is 1. The molecule has 0 saturated carbocycles. The fourth-order valence-electron chi connectivity index (χ4n) is 6.73. The summed E-state index contributed by atoms with van der Waals surface area (Å²) in [6.07, 6.45) is 4.07. The molecule has 0 N–H and O–H groups in total. The minimum Gasteiger partial charge on any atom is -0.496 e. The first-order valence-electron chi connectivity index (χ1n) is 16.0. The van der Waals surface area contributed by atoms with Crippen molar-refractivity contribution in [3.63, 3.8) is 0 Å². The number of rotatable bonds is 8. The zero-order valence-electron chi connectivity index (χ0n) is 27.2. The van der Waals surface area contributed by atoms with Crippen molar-refractivity contribution in [2.45, 2.75) is 33.4 Å². The van der Waals surface area contributed by atoms with Gasteiger partial charge in [0.1, 0.15) is 11.8 Å². The maximum atomic E-state index is 14.7. The number of aromatic nitrogens is 2. The Labute approximate surface area is 290 Å². The molecule has 1 amide bonds. The summed E-state index contributed by atoms with van der Waals surface area (Å²) in [6, 6.07) is 27.8. The molecule has 2 aromatic heterocycles. The van der Waals surface area contributed by atoms with Crippen molar-refractivity contribution >= 4 is 60.9 Å². The van der Waals surface area contributed by atoms with Gasteiger partial charge in [0.15, 0.2) is 4.80 Å². The van der Waals surface area contributed by atoms with Gasteiger partial charge >= 0.3 is 0 Å². The number of fused-ring (bicyclic) bond motifs is 3. The number of methoxy groups -OCH3 is 1. The van der Waals surface area contributed by atoms with Crippen LogP contribution in [-0.4, -0.2) is 40.1 Å². The highest BCUT2D eigenvalue weighted by molar-refractivity contribution is 9.10. The van der Waals surface area contributed by atoms with Crippen molar-refractivity contribution in [1.82, 2.24) is 14.0 Å². The molecule has 0 unspecified atom stereocenters. The Morgan fingerprint density at radius 3 is 2.42 bits per heavy atom. The van der Waals surface area contributed by atoms with E-state index in [2.05, 4.69) is 51.0 Å². The highest BCUT2D eigenvalue weighted by Gasteiger charge is 2.36. The number of amides is 1. The van der Waals surface area contributed by atoms with Gasteiger partial charge in [0.2, 0.25) is 0 Å². The first-order chi connectivity index (χ1) is 23.3. The molecule has 0 radical (unpaired) electrons. The molecular formula is C39H35BrN4O3S. The monoisotopic (exact) mass is 718 g/mol. The molecule has 1 atom stereocenters. The average molecular weight is 720 g/mol. The molecule has 7 nitrogen and oxygen atoms in total. The van der Waals surface area contributed by atoms with E-state index in [1.165, 1.54) is 16.9 Å². The van der Waals surface area contributed by atoms with Gasteiger partial charge in [-0.2, -0.15) is 0 Å². The molecule has 48 heavy (non-hydrogen) atoms. The number of hydrogen-bond donors (Lipinski definition) is 0. The molecule has 0 spiro atoms. The summed E-state index contributed by atoms with van der Waals surface area (Å²) >= 11 is 4.88. The van der Waals surface area contributed by atoms with E-state index in [-0.39, 0.29) is 11.5 Å². The number of ether oxygens (including phenoxy) is 1. The van der Waals surface area contributed by atoms with Crippen LogP contribution >= 0.6 is 27.3 Å². The van der Waals surface area contributed by atoms with E-state index < -0.39 is 6.04 Å². The van der Waals surface area contributed by atoms with E-state index in [4.69, 9.17) is 9.73 Å². The molecule has 242 valence electrons. The zero-order chi connectivity index (χ0) is 33.5. The van der Waals surface area contributed by atoms with Gasteiger partial charge in [-0.05, 0) is 67.4 Å². The maximum Gasteiger partial charge on any atom is 0.271 e. The SMILES string of the molecule is CCN(CC)C(=O)C1=C(C)N=c2s/c(=C/c3cn(Cc4ccc(Br)cc4)c4ccccc34)c(=O)n2[C@H]1c1c(OC)ccc2ccccc12. The summed E-state index contributed by atoms with van der Waals surface area (Å²) in [4.78, 5) is 36.2. The Hall–Kier alpha value is -4.73. The molecule has 9 heteroatoms. The quantitative estimate of drug-likeness (QED) is 0.170. The number of benzene rings is 4. The number of carbonyl (C=O) groups is 1. The molecule has 7 rings (SSSR count). The Kier molecular flexibility index (Phi) is 8.66. The van der Waals surface area contributed by atoms with Gasteiger partial charge in [-0.3, -0.25) is 14.2 Å². The highest BCUT2D eigenvalue weighted by atomic mass is 79.9. The minimum atomic E-state index is -0.726. The van der Waals surface area contributed by atoms with Gasteiger partial charge in [0.05, 0.1) is 22.9 Å². The summed E-state index contributed by atoms with van der Waals surface area (Å²) < 4.78 is 11.5. The van der Waals surface area contributed by atoms with E-state index in [9.17, 15) is 9.59 Å². The number of likely N-dealkylation sites (N-methyl/N-ethyl adjacent to an activating group) is 1. The number of halogens is 1. The van der Waals surface area contributed by atoms with Gasteiger partial charge in [-0.15, -0.1) is 0 Å². The van der Waals surface area contributed by atoms with Gasteiger partial charge in [-0.25, -0.2) is 4.99 Å². The van der Waals surface area contributed by atoms with Gasteiger partial charge in [0, 0.05) is 52.3 Å². The Balaban J connectivity index is 1.46. The third kappa shape index (κ3) is 5.50. The summed E-state index contributed by atoms with van der Waals surface area (Å²) in [5.74, 6) is 0.482. The zero-order valence-corrected chi connectivity index (χ0v) is 29.6. The smallest absolute Gasteiger partial charge is 0.271 e. The molecule has 1 aliphatic rings. The largest absolute Gasteiger partial charge is 0.496 e. The molecule has 0 saturated heterocycles. The van der Waals surface area contributed by atoms with Crippen LogP contribution in [0.3, 0.4) is 0 Å². The van der Waals surface area contributed by atoms with Crippen LogP contribution in [0.4, 0.5) is 0 Å². The first-order valence-corrected chi connectivity index (χ1v) is 17.6. The molecule has 4 aromatic carbocycles. The van der Waals surface area contributed by atoms with Crippen LogP contribution < -0.4 is 19.6 Å². The lowest BCUT2D eigenvalue weighted by atomic mass is 9.90. The van der Waals surface area contributed by atoms with Crippen LogP contribution in [0.2, 0.25) is 0 Å². The number of hydrogen-bond acceptors (Lipinski definition) is 5. The van der Waals surface area contributed by atoms with Crippen LogP contribution in [0, 0.1) is 0 Å². The Morgan fingerprint density at radius 2 is 1.69 bits per heavy atom. The van der Waals surface area contributed by atoms with Crippen molar-refractivity contribution in [3.8, 4) is 5.75 Å². The van der Waals surface area contributed by atoms with Gasteiger partial charge < -0.3 is 14.2 Å². The van der Waals surface area contributed by atoms with Crippen molar-refractivity contribution in [1.29, 1.82) is 0 Å². The van der Waals surface area contributed by atoms with Crippen molar-refractivity contribution in [2.24, 2.45) is 4.99 Å². The molecule has 6 aromatic rings. The maximum absolute atomic E-state index is 14.7. The lowest BCUT2D eigenvalue weighted by Crippen LogP contribution is -2.43. The lowest BCUT2D eigenvalue weighted by molar-refractivity contribution is -0.127. The standard InChI is InChI=1S/C39H35BrN4O3S/c1-5-42(6-2)38(46)34-24(3)41-39-44(36(34)35-30-13-8-7-11-26(30)17-20-32(35)47-4)37(45)33(48-39)21-27-23-43(31-14-10-9-12-29(27)31)22-25-15-18-28(40)19-16-25/h7-21,23,36H,5-6,22H2,1-4H3/b33-21+/t36-/m1/s1. The predicted molar refractivity (Wildman–Crippen MR) is 197 cm³/mol. The highest BCUT2D eigenvalue weighted by Crippen LogP contribution is 2.40. The number of carbonyl (C=O) groups excluding carboxylic acids is 1. The van der Waals surface area contributed by atoms with E-state index in [0.29, 0.717) is 46.0 Å². The van der Waals surface area contributed by atoms with Crippen molar-refractivity contribution in [3.05, 3.63) is 143 Å². The molecule has 3 heterocycles. The fraction of sp³-hybridized carbons (Fsp3) is 0.205. The third-order valence-electron chi connectivity index (χ3n) is 9.10. The van der Waals surface area contributed by atoms with Gasteiger partial charge in [-0.1, -0.05) is 87.9 Å². The van der Waals surface area contributed by atoms with Crippen LogP contribution in [0.5, 0.6) is 5.75 Å². The third-order valence-corrected chi connectivity index (χ3v) is 10.6. The van der Waals surface area contributed by atoms with Crippen molar-refractivity contribution < 1.29 is 9.53 Å². The minimum absolute atomic E-state index is 0.133. The second-order valence-corrected chi connectivity index (χ2v) is 13.7. The summed E-state index contributed by atoms with van der Waals surface area (Å²) in [5.41, 5.74) is 4.88. The topological polar surface area (TPSA) is 68.8 Å². The number of thiazole rings is 1. The summed E-state index contributed by atoms with van der Waals surface area (Å²) in [5, 5.41) is 2.98. The summed E-state index contributed by atoms with van der Waals surface area (Å²) in [6.45, 7) is 7.58. The van der Waals surface area contributed by atoms with E-state index in [1.54, 1.807) is 16.6 Å². The normalized spacial score (nSPS) is 14.8. The molecule has 0 bridgehead atoms. The first kappa shape index (κ1) is 31.8. The molecule has 0 fully saturated rings. The Morgan fingerprint density at radius 1 is 0.979 bits per heavy atom. The molecule has 0 aliphatic carbocycles. The second-order valence-electron chi connectivity index (χ2n) is 11.8. The van der Waals surface area contributed by atoms with Crippen LogP contribution in [0.15, 0.2) is 117 Å². The second kappa shape index (κ2) is 13.1. The lowest BCUT2D eigenvalue weighted by Gasteiger charge is -2.30. The summed E-state index contributed by atoms with van der Waals surface area (Å²) in [7, 11) is 1.63. The van der Waals surface area contributed by atoms with Crippen molar-refractivity contribution in [2.75, 3.05) is 20.2 Å². The van der Waals surface area contributed by atoms with Crippen LogP contribution in [-0.2, 0) is 11.3 Å². The number of nitrogens with zero attached hydrogens (tertiary/aromatic N) is 4. The van der Waals surface area contributed by atoms with Crippen LogP contribution in [0.1, 0.15) is 43.5 Å². The van der Waals surface area contributed by atoms with E-state index in [1.807, 2.05) is 87.5 Å². The predicted octanol–water partition coefficient (Wildman–Crippen LogP) is 7.03. The fourth-order valence-corrected chi connectivity index (χ4v) is 8.04. The van der Waals surface area contributed by atoms with Gasteiger partial charge in [0.25, 0.3) is 11.5 Å². The average Bonchev–Trinajstić information content (AvgIpc) is 3.60. The molecule has 1 aliphatic heterocycles. The van der Waals surface area contributed by atoms with E-state index in [0.717, 1.165) is 37.3 Å². The number of para-hydroxylation sites is 1.